The summed E-state index contributed by atoms with van der Waals surface area (Å²) in [7, 11) is 3.14. The van der Waals surface area contributed by atoms with Crippen LogP contribution in [0, 0.1) is 5.82 Å². The van der Waals surface area contributed by atoms with Crippen LogP contribution < -0.4 is 14.8 Å². The lowest BCUT2D eigenvalue weighted by molar-refractivity contribution is -0.118. The molecule has 3 rings (SSSR count). The van der Waals surface area contributed by atoms with Crippen LogP contribution in [0.15, 0.2) is 42.5 Å². The Bertz CT molecular complexity index is 724. The van der Waals surface area contributed by atoms with Gasteiger partial charge in [-0.25, -0.2) is 4.39 Å². The number of nitrogens with one attached hydrogen (secondary N) is 1. The van der Waals surface area contributed by atoms with Crippen molar-refractivity contribution < 1.29 is 18.7 Å². The molecule has 2 aromatic rings. The first-order valence-electron chi connectivity index (χ1n) is 7.38. The average molecular weight is 315 g/mol. The van der Waals surface area contributed by atoms with Gasteiger partial charge in [-0.05, 0) is 54.8 Å². The molecule has 1 saturated carbocycles. The highest BCUT2D eigenvalue weighted by molar-refractivity contribution is 6.01. The largest absolute Gasteiger partial charge is 0.493 e. The molecule has 120 valence electrons. The fourth-order valence-corrected chi connectivity index (χ4v) is 2.69. The SMILES string of the molecule is COc1ccc(C2(C(=O)Nc3ccc(F)cc3)CC2)cc1OC. The van der Waals surface area contributed by atoms with E-state index in [9.17, 15) is 9.18 Å². The van der Waals surface area contributed by atoms with Gasteiger partial charge in [0, 0.05) is 5.69 Å². The van der Waals surface area contributed by atoms with Crippen molar-refractivity contribution in [3.8, 4) is 11.5 Å². The van der Waals surface area contributed by atoms with E-state index < -0.39 is 5.41 Å². The second-order valence-corrected chi connectivity index (χ2v) is 5.61. The minimum atomic E-state index is -0.548. The first-order valence-corrected chi connectivity index (χ1v) is 7.38. The van der Waals surface area contributed by atoms with E-state index in [1.807, 2.05) is 12.1 Å². The summed E-state index contributed by atoms with van der Waals surface area (Å²) in [5, 5.41) is 2.86. The number of halogens is 1. The van der Waals surface area contributed by atoms with Crippen molar-refractivity contribution in [2.45, 2.75) is 18.3 Å². The molecule has 0 aliphatic heterocycles. The van der Waals surface area contributed by atoms with E-state index >= 15 is 0 Å². The number of hydrogen-bond acceptors (Lipinski definition) is 3. The number of anilines is 1. The molecular weight excluding hydrogens is 297 g/mol. The molecule has 2 aromatic carbocycles. The zero-order valence-corrected chi connectivity index (χ0v) is 13.1. The number of amides is 1. The number of carbonyl (C=O) groups is 1. The van der Waals surface area contributed by atoms with E-state index in [2.05, 4.69) is 5.32 Å². The Labute approximate surface area is 134 Å². The van der Waals surface area contributed by atoms with E-state index in [1.165, 1.54) is 12.1 Å². The monoisotopic (exact) mass is 315 g/mol. The van der Waals surface area contributed by atoms with Crippen LogP contribution in [-0.4, -0.2) is 20.1 Å². The summed E-state index contributed by atoms with van der Waals surface area (Å²) in [4.78, 5) is 12.7. The van der Waals surface area contributed by atoms with Gasteiger partial charge >= 0.3 is 0 Å². The van der Waals surface area contributed by atoms with Crippen LogP contribution in [0.3, 0.4) is 0 Å². The maximum absolute atomic E-state index is 13.0. The van der Waals surface area contributed by atoms with E-state index in [0.29, 0.717) is 17.2 Å². The van der Waals surface area contributed by atoms with Crippen molar-refractivity contribution in [2.75, 3.05) is 19.5 Å². The molecule has 0 atom stereocenters. The minimum absolute atomic E-state index is 0.0867. The molecule has 1 aliphatic carbocycles. The molecule has 0 unspecified atom stereocenters. The highest BCUT2D eigenvalue weighted by atomic mass is 19.1. The molecule has 0 saturated heterocycles. The van der Waals surface area contributed by atoms with E-state index in [-0.39, 0.29) is 11.7 Å². The van der Waals surface area contributed by atoms with Crippen LogP contribution in [0.2, 0.25) is 0 Å². The predicted octanol–water partition coefficient (Wildman–Crippen LogP) is 3.51. The van der Waals surface area contributed by atoms with Gasteiger partial charge in [-0.15, -0.1) is 0 Å². The lowest BCUT2D eigenvalue weighted by Gasteiger charge is -2.18. The lowest BCUT2D eigenvalue weighted by Crippen LogP contribution is -2.27. The molecule has 1 amide bonds. The number of methoxy groups -OCH3 is 2. The Morgan fingerprint density at radius 1 is 1.04 bits per heavy atom. The van der Waals surface area contributed by atoms with Crippen LogP contribution in [0.25, 0.3) is 0 Å². The summed E-state index contributed by atoms with van der Waals surface area (Å²) in [6, 6.07) is 11.3. The van der Waals surface area contributed by atoms with Crippen molar-refractivity contribution in [1.29, 1.82) is 0 Å². The third-order valence-electron chi connectivity index (χ3n) is 4.22. The van der Waals surface area contributed by atoms with Gasteiger partial charge in [-0.3, -0.25) is 4.79 Å². The Morgan fingerprint density at radius 3 is 2.26 bits per heavy atom. The number of benzene rings is 2. The maximum Gasteiger partial charge on any atom is 0.235 e. The van der Waals surface area contributed by atoms with Crippen molar-refractivity contribution in [3.63, 3.8) is 0 Å². The first-order chi connectivity index (χ1) is 11.1. The quantitative estimate of drug-likeness (QED) is 0.918. The number of rotatable bonds is 5. The van der Waals surface area contributed by atoms with Gasteiger partial charge in [-0.2, -0.15) is 0 Å². The number of hydrogen-bond donors (Lipinski definition) is 1. The van der Waals surface area contributed by atoms with Gasteiger partial charge in [0.2, 0.25) is 5.91 Å². The Morgan fingerprint density at radius 2 is 1.70 bits per heavy atom. The van der Waals surface area contributed by atoms with Crippen LogP contribution in [-0.2, 0) is 10.2 Å². The highest BCUT2D eigenvalue weighted by Gasteiger charge is 2.51. The third-order valence-corrected chi connectivity index (χ3v) is 4.22. The number of carbonyl (C=O) groups excluding carboxylic acids is 1. The van der Waals surface area contributed by atoms with Crippen molar-refractivity contribution >= 4 is 11.6 Å². The summed E-state index contributed by atoms with van der Waals surface area (Å²) in [5.74, 6) is 0.817. The normalized spacial score (nSPS) is 14.9. The first kappa shape index (κ1) is 15.3. The molecule has 0 aromatic heterocycles. The van der Waals surface area contributed by atoms with Gasteiger partial charge < -0.3 is 14.8 Å². The molecule has 0 spiro atoms. The average Bonchev–Trinajstić information content (AvgIpc) is 3.38. The fraction of sp³-hybridized carbons (Fsp3) is 0.278. The Balaban J connectivity index is 1.84. The Hall–Kier alpha value is -2.56. The van der Waals surface area contributed by atoms with Gasteiger partial charge in [-0.1, -0.05) is 6.07 Å². The predicted molar refractivity (Wildman–Crippen MR) is 85.5 cm³/mol. The molecule has 0 heterocycles. The zero-order valence-electron chi connectivity index (χ0n) is 13.1. The van der Waals surface area contributed by atoms with Crippen LogP contribution in [0.5, 0.6) is 11.5 Å². The van der Waals surface area contributed by atoms with Crippen LogP contribution in [0.4, 0.5) is 10.1 Å². The van der Waals surface area contributed by atoms with Gasteiger partial charge in [0.25, 0.3) is 0 Å². The molecule has 0 radical (unpaired) electrons. The van der Waals surface area contributed by atoms with Gasteiger partial charge in [0.1, 0.15) is 5.82 Å². The molecule has 1 fully saturated rings. The fourth-order valence-electron chi connectivity index (χ4n) is 2.69. The molecule has 1 N–H and O–H groups in total. The molecular formula is C18H18FNO3. The molecule has 23 heavy (non-hydrogen) atoms. The van der Waals surface area contributed by atoms with Crippen LogP contribution >= 0.6 is 0 Å². The van der Waals surface area contributed by atoms with Crippen LogP contribution in [0.1, 0.15) is 18.4 Å². The Kier molecular flexibility index (Phi) is 3.94. The summed E-state index contributed by atoms with van der Waals surface area (Å²) >= 11 is 0. The smallest absolute Gasteiger partial charge is 0.235 e. The van der Waals surface area contributed by atoms with Crippen molar-refractivity contribution in [3.05, 3.63) is 53.8 Å². The van der Waals surface area contributed by atoms with E-state index in [1.54, 1.807) is 32.4 Å². The van der Waals surface area contributed by atoms with Crippen molar-refractivity contribution in [1.82, 2.24) is 0 Å². The zero-order chi connectivity index (χ0) is 16.4. The molecule has 4 nitrogen and oxygen atoms in total. The summed E-state index contributed by atoms with van der Waals surface area (Å²) in [6.07, 6.45) is 1.55. The summed E-state index contributed by atoms with van der Waals surface area (Å²) in [6.45, 7) is 0. The standard InChI is InChI=1S/C18H18FNO3/c1-22-15-8-3-12(11-16(15)23-2)18(9-10-18)17(21)20-14-6-4-13(19)5-7-14/h3-8,11H,9-10H2,1-2H3,(H,20,21). The topological polar surface area (TPSA) is 47.6 Å². The van der Waals surface area contributed by atoms with Gasteiger partial charge in [0.15, 0.2) is 11.5 Å². The second kappa shape index (κ2) is 5.91. The second-order valence-electron chi connectivity index (χ2n) is 5.61. The minimum Gasteiger partial charge on any atom is -0.493 e. The highest BCUT2D eigenvalue weighted by Crippen LogP contribution is 2.50. The summed E-state index contributed by atoms with van der Waals surface area (Å²) < 4.78 is 23.5. The molecule has 5 heteroatoms. The van der Waals surface area contributed by atoms with E-state index in [4.69, 9.17) is 9.47 Å². The molecule has 0 bridgehead atoms. The van der Waals surface area contributed by atoms with E-state index in [0.717, 1.165) is 18.4 Å². The van der Waals surface area contributed by atoms with Crippen molar-refractivity contribution in [2.24, 2.45) is 0 Å². The van der Waals surface area contributed by atoms with Gasteiger partial charge in [0.05, 0.1) is 19.6 Å². The molecule has 1 aliphatic rings. The maximum atomic E-state index is 13.0. The third kappa shape index (κ3) is 2.86. The summed E-state index contributed by atoms with van der Waals surface area (Å²) in [5.41, 5.74) is 0.936. The lowest BCUT2D eigenvalue weighted by atomic mass is 9.94. The number of ether oxygens (including phenoxy) is 2.